The zero-order valence-electron chi connectivity index (χ0n) is 20.3. The molecule has 0 saturated heterocycles. The van der Waals surface area contributed by atoms with Crippen LogP contribution in [0, 0.1) is 11.8 Å². The monoisotopic (exact) mass is 486 g/mol. The summed E-state index contributed by atoms with van der Waals surface area (Å²) in [6.45, 7) is 0.184. The minimum Gasteiger partial charge on any atom is -0.347 e. The Labute approximate surface area is 206 Å². The molecule has 36 heavy (non-hydrogen) atoms. The van der Waals surface area contributed by atoms with Gasteiger partial charge in [-0.15, -0.1) is 0 Å². The maximum atomic E-state index is 13.2. The van der Waals surface area contributed by atoms with Gasteiger partial charge in [0.1, 0.15) is 12.9 Å². The summed E-state index contributed by atoms with van der Waals surface area (Å²) in [6.07, 6.45) is 4.78. The molecular weight excluding hydrogens is 460 g/mol. The van der Waals surface area contributed by atoms with Crippen molar-refractivity contribution in [3.8, 4) is 0 Å². The summed E-state index contributed by atoms with van der Waals surface area (Å²) >= 11 is 0. The molecule has 3 aromatic heterocycles. The van der Waals surface area contributed by atoms with Crippen molar-refractivity contribution >= 4 is 28.6 Å². The third kappa shape index (κ3) is 3.76. The number of rotatable bonds is 7. The standard InChI is InChI=1S/C25H26N8O3/c1-31(2)19(34)11-26-25-29-23-21(32(25)3)24(35)33(13-27-23)12-18-28-22(30-36-18)20-16-9-15(10-17(16)20)14-7-5-4-6-8-14/h4-9,13,16-17,20H,10-12H2,1-3H3,(H,26,29)/t16-,17?,20?/m0/s1. The normalized spacial score (nSPS) is 20.3. The Morgan fingerprint density at radius 2 is 2.03 bits per heavy atom. The van der Waals surface area contributed by atoms with Gasteiger partial charge >= 0.3 is 0 Å². The molecule has 11 heteroatoms. The van der Waals surface area contributed by atoms with E-state index in [1.807, 2.05) is 6.07 Å². The minimum absolute atomic E-state index is 0.0638. The van der Waals surface area contributed by atoms with Gasteiger partial charge in [0.25, 0.3) is 5.56 Å². The van der Waals surface area contributed by atoms with Gasteiger partial charge in [0, 0.05) is 27.1 Å². The van der Waals surface area contributed by atoms with Gasteiger partial charge in [0.05, 0.1) is 6.54 Å². The van der Waals surface area contributed by atoms with Gasteiger partial charge in [-0.25, -0.2) is 4.98 Å². The highest BCUT2D eigenvalue weighted by atomic mass is 16.5. The number of likely N-dealkylation sites (N-methyl/N-ethyl adjacent to an activating group) is 1. The molecule has 11 nitrogen and oxygen atoms in total. The molecule has 2 aliphatic rings. The van der Waals surface area contributed by atoms with Crippen LogP contribution in [0.15, 0.2) is 52.1 Å². The molecule has 1 amide bonds. The number of aromatic nitrogens is 6. The second-order valence-electron chi connectivity index (χ2n) is 9.56. The molecule has 184 valence electrons. The summed E-state index contributed by atoms with van der Waals surface area (Å²) in [6, 6.07) is 10.4. The zero-order chi connectivity index (χ0) is 25.0. The van der Waals surface area contributed by atoms with Crippen LogP contribution in [-0.2, 0) is 18.4 Å². The average molecular weight is 487 g/mol. The molecule has 1 aromatic carbocycles. The fourth-order valence-corrected chi connectivity index (χ4v) is 5.00. The number of nitrogens with one attached hydrogen (secondary N) is 1. The van der Waals surface area contributed by atoms with Crippen LogP contribution in [0.25, 0.3) is 16.7 Å². The lowest BCUT2D eigenvalue weighted by molar-refractivity contribution is -0.126. The first-order valence-electron chi connectivity index (χ1n) is 11.8. The van der Waals surface area contributed by atoms with Crippen LogP contribution < -0.4 is 10.9 Å². The Morgan fingerprint density at radius 3 is 2.75 bits per heavy atom. The van der Waals surface area contributed by atoms with E-state index in [1.165, 1.54) is 26.9 Å². The second kappa shape index (κ2) is 8.43. The average Bonchev–Trinajstić information content (AvgIpc) is 3.25. The van der Waals surface area contributed by atoms with Crippen LogP contribution in [0.3, 0.4) is 0 Å². The quantitative estimate of drug-likeness (QED) is 0.420. The van der Waals surface area contributed by atoms with Gasteiger partial charge in [0.15, 0.2) is 17.0 Å². The lowest BCUT2D eigenvalue weighted by Gasteiger charge is -2.11. The van der Waals surface area contributed by atoms with Crippen molar-refractivity contribution in [3.05, 3.63) is 70.4 Å². The molecule has 4 aromatic rings. The number of fused-ring (bicyclic) bond motifs is 2. The molecule has 0 spiro atoms. The number of benzene rings is 1. The number of aryl methyl sites for hydroxylation is 1. The number of hydrogen-bond donors (Lipinski definition) is 1. The van der Waals surface area contributed by atoms with E-state index in [1.54, 1.807) is 25.7 Å². The second-order valence-corrected chi connectivity index (χ2v) is 9.56. The zero-order valence-corrected chi connectivity index (χ0v) is 20.3. The van der Waals surface area contributed by atoms with Crippen LogP contribution in [0.1, 0.15) is 29.6 Å². The molecule has 0 bridgehead atoms. The number of carbonyl (C=O) groups excluding carboxylic acids is 1. The van der Waals surface area contributed by atoms with Gasteiger partial charge < -0.3 is 19.3 Å². The van der Waals surface area contributed by atoms with Crippen molar-refractivity contribution in [1.29, 1.82) is 0 Å². The summed E-state index contributed by atoms with van der Waals surface area (Å²) in [7, 11) is 5.06. The van der Waals surface area contributed by atoms with Crippen LogP contribution in [0.4, 0.5) is 5.95 Å². The molecular formula is C25H26N8O3. The van der Waals surface area contributed by atoms with E-state index in [4.69, 9.17) is 4.52 Å². The van der Waals surface area contributed by atoms with E-state index in [-0.39, 0.29) is 30.5 Å². The van der Waals surface area contributed by atoms with Gasteiger partial charge in [0.2, 0.25) is 17.7 Å². The number of nitrogens with zero attached hydrogens (tertiary/aromatic N) is 7. The first-order valence-corrected chi connectivity index (χ1v) is 11.8. The SMILES string of the molecule is CN(C)C(=O)CNc1nc2ncn(Cc3nc(C4C5CC(c6ccccc6)=C[C@@H]54)no3)c(=O)c2n1C. The maximum Gasteiger partial charge on any atom is 0.280 e. The third-order valence-corrected chi connectivity index (χ3v) is 7.07. The van der Waals surface area contributed by atoms with Crippen LogP contribution in [0.5, 0.6) is 0 Å². The number of carbonyl (C=O) groups is 1. The van der Waals surface area contributed by atoms with E-state index < -0.39 is 0 Å². The molecule has 2 aliphatic carbocycles. The number of imidazole rings is 1. The predicted molar refractivity (Wildman–Crippen MR) is 132 cm³/mol. The van der Waals surface area contributed by atoms with Gasteiger partial charge in [-0.2, -0.15) is 9.97 Å². The predicted octanol–water partition coefficient (Wildman–Crippen LogP) is 1.88. The van der Waals surface area contributed by atoms with Crippen LogP contribution in [0.2, 0.25) is 0 Å². The van der Waals surface area contributed by atoms with E-state index in [0.717, 1.165) is 6.42 Å². The maximum absolute atomic E-state index is 13.2. The Kier molecular flexibility index (Phi) is 5.20. The Bertz CT molecular complexity index is 1550. The summed E-state index contributed by atoms with van der Waals surface area (Å²) in [4.78, 5) is 39.8. The van der Waals surface area contributed by atoms with Gasteiger partial charge in [-0.1, -0.05) is 41.6 Å². The molecule has 0 aliphatic heterocycles. The highest BCUT2D eigenvalue weighted by Crippen LogP contribution is 2.62. The number of allylic oxidation sites excluding steroid dienone is 2. The Hall–Kier alpha value is -4.28. The number of amides is 1. The summed E-state index contributed by atoms with van der Waals surface area (Å²) in [5.74, 6) is 2.56. The summed E-state index contributed by atoms with van der Waals surface area (Å²) in [5, 5.41) is 7.17. The summed E-state index contributed by atoms with van der Waals surface area (Å²) < 4.78 is 8.52. The van der Waals surface area contributed by atoms with E-state index in [0.29, 0.717) is 40.7 Å². The van der Waals surface area contributed by atoms with E-state index >= 15 is 0 Å². The highest BCUT2D eigenvalue weighted by molar-refractivity contribution is 5.81. The first kappa shape index (κ1) is 22.2. The van der Waals surface area contributed by atoms with Crippen molar-refractivity contribution in [2.45, 2.75) is 18.9 Å². The lowest BCUT2D eigenvalue weighted by Crippen LogP contribution is -2.29. The minimum atomic E-state index is -0.277. The largest absolute Gasteiger partial charge is 0.347 e. The van der Waals surface area contributed by atoms with Crippen molar-refractivity contribution in [2.75, 3.05) is 26.0 Å². The fourth-order valence-electron chi connectivity index (χ4n) is 5.00. The van der Waals surface area contributed by atoms with Gasteiger partial charge in [-0.3, -0.25) is 14.2 Å². The summed E-state index contributed by atoms with van der Waals surface area (Å²) in [5.41, 5.74) is 3.01. The van der Waals surface area contributed by atoms with Crippen molar-refractivity contribution in [3.63, 3.8) is 0 Å². The van der Waals surface area contributed by atoms with E-state index in [2.05, 4.69) is 55.8 Å². The first-order chi connectivity index (χ1) is 17.4. The molecule has 6 rings (SSSR count). The van der Waals surface area contributed by atoms with Crippen molar-refractivity contribution < 1.29 is 9.32 Å². The number of anilines is 1. The third-order valence-electron chi connectivity index (χ3n) is 7.07. The fraction of sp³-hybridized carbons (Fsp3) is 0.360. The molecule has 1 fully saturated rings. The Morgan fingerprint density at radius 1 is 1.22 bits per heavy atom. The molecule has 1 saturated carbocycles. The molecule has 1 N–H and O–H groups in total. The van der Waals surface area contributed by atoms with E-state index in [9.17, 15) is 9.59 Å². The molecule has 2 unspecified atom stereocenters. The molecule has 3 heterocycles. The molecule has 3 atom stereocenters. The Balaban J connectivity index is 1.17. The van der Waals surface area contributed by atoms with Crippen LogP contribution >= 0.6 is 0 Å². The topological polar surface area (TPSA) is 124 Å². The number of hydrogen-bond acceptors (Lipinski definition) is 8. The van der Waals surface area contributed by atoms with Crippen LogP contribution in [-0.4, -0.2) is 60.7 Å². The van der Waals surface area contributed by atoms with Crippen molar-refractivity contribution in [2.24, 2.45) is 18.9 Å². The lowest BCUT2D eigenvalue weighted by atomic mass is 10.0. The van der Waals surface area contributed by atoms with Gasteiger partial charge in [-0.05, 0) is 29.4 Å². The smallest absolute Gasteiger partial charge is 0.280 e. The van der Waals surface area contributed by atoms with Crippen molar-refractivity contribution in [1.82, 2.24) is 34.1 Å². The highest BCUT2D eigenvalue weighted by Gasteiger charge is 2.55. The molecule has 0 radical (unpaired) electrons.